The van der Waals surface area contributed by atoms with Crippen LogP contribution in [0.1, 0.15) is 38.5 Å². The number of hydrogen-bond acceptors (Lipinski definition) is 8. The molecule has 11 heteroatoms. The van der Waals surface area contributed by atoms with E-state index in [-0.39, 0.29) is 61.7 Å². The molecule has 1 aromatic heterocycles. The lowest BCUT2D eigenvalue weighted by atomic mass is 9.85. The zero-order valence-electron chi connectivity index (χ0n) is 20.2. The van der Waals surface area contributed by atoms with Crippen LogP contribution in [0, 0.1) is 35.5 Å². The Hall–Kier alpha value is -2.53. The lowest BCUT2D eigenvalue weighted by Crippen LogP contribution is -2.54. The summed E-state index contributed by atoms with van der Waals surface area (Å²) in [5.74, 6) is 1.29. The highest BCUT2D eigenvalue weighted by Gasteiger charge is 2.64. The van der Waals surface area contributed by atoms with Crippen molar-refractivity contribution in [3.63, 3.8) is 0 Å². The Kier molecular flexibility index (Phi) is 5.02. The maximum Gasteiger partial charge on any atom is 0.336 e. The smallest absolute Gasteiger partial charge is 0.336 e. The zero-order valence-corrected chi connectivity index (χ0v) is 20.2. The molecule has 10 unspecified atom stereocenters. The van der Waals surface area contributed by atoms with Gasteiger partial charge in [0.15, 0.2) is 5.78 Å². The van der Waals surface area contributed by atoms with Crippen LogP contribution in [0.2, 0.25) is 0 Å². The summed E-state index contributed by atoms with van der Waals surface area (Å²) in [5.41, 5.74) is -2.36. The molecule has 4 bridgehead atoms. The minimum Gasteiger partial charge on any atom is -0.465 e. The largest absolute Gasteiger partial charge is 0.465 e. The van der Waals surface area contributed by atoms with E-state index in [0.717, 1.165) is 33.0 Å². The number of esters is 1. The SMILES string of the molecule is Cn1c(=O)n(CCCC(=O)OCC2CC3CC2C2OC32)c(=O)n(CC(=O)C2CC3CC2C2OC32)c1=O. The molecule has 0 aromatic carbocycles. The van der Waals surface area contributed by atoms with E-state index in [0.29, 0.717) is 42.5 Å². The van der Waals surface area contributed by atoms with Crippen LogP contribution in [-0.4, -0.2) is 56.5 Å². The Balaban J connectivity index is 0.971. The molecule has 6 fully saturated rings. The number of carbonyl (C=O) groups is 2. The van der Waals surface area contributed by atoms with Gasteiger partial charge in [0.05, 0.1) is 37.6 Å². The molecule has 0 N–H and O–H groups in total. The van der Waals surface area contributed by atoms with Crippen molar-refractivity contribution >= 4 is 11.8 Å². The average molecular weight is 502 g/mol. The molecule has 3 heterocycles. The fourth-order valence-corrected chi connectivity index (χ4v) is 7.90. The van der Waals surface area contributed by atoms with E-state index in [4.69, 9.17) is 14.2 Å². The van der Waals surface area contributed by atoms with Crippen LogP contribution >= 0.6 is 0 Å². The Morgan fingerprint density at radius 2 is 1.53 bits per heavy atom. The maximum atomic E-state index is 13.0. The molecule has 0 amide bonds. The highest BCUT2D eigenvalue weighted by Crippen LogP contribution is 2.59. The van der Waals surface area contributed by atoms with Gasteiger partial charge < -0.3 is 14.2 Å². The summed E-state index contributed by atoms with van der Waals surface area (Å²) in [7, 11) is 1.29. The van der Waals surface area contributed by atoms with E-state index >= 15 is 0 Å². The van der Waals surface area contributed by atoms with Gasteiger partial charge >= 0.3 is 23.0 Å². The lowest BCUT2D eigenvalue weighted by molar-refractivity contribution is -0.145. The number of Topliss-reactive ketones (excluding diaryl/α,β-unsaturated/α-hetero) is 1. The van der Waals surface area contributed by atoms with Crippen LogP contribution in [0.5, 0.6) is 0 Å². The molecule has 194 valence electrons. The van der Waals surface area contributed by atoms with Crippen LogP contribution < -0.4 is 17.1 Å². The summed E-state index contributed by atoms with van der Waals surface area (Å²) >= 11 is 0. The number of carbonyl (C=O) groups excluding carboxylic acids is 2. The third-order valence-corrected chi connectivity index (χ3v) is 9.78. The Bertz CT molecular complexity index is 1310. The third kappa shape index (κ3) is 3.42. The molecule has 0 spiro atoms. The fraction of sp³-hybridized carbons (Fsp3) is 0.800. The van der Waals surface area contributed by atoms with Gasteiger partial charge in [0.25, 0.3) is 0 Å². The fourth-order valence-electron chi connectivity index (χ4n) is 7.90. The zero-order chi connectivity index (χ0) is 24.9. The monoisotopic (exact) mass is 501 g/mol. The van der Waals surface area contributed by atoms with Gasteiger partial charge in [0, 0.05) is 25.9 Å². The van der Waals surface area contributed by atoms with Crippen molar-refractivity contribution in [3.05, 3.63) is 31.5 Å². The first-order chi connectivity index (χ1) is 17.3. The molecule has 4 saturated carbocycles. The number of hydrogen-bond donors (Lipinski definition) is 0. The lowest BCUT2D eigenvalue weighted by Gasteiger charge is -2.19. The van der Waals surface area contributed by atoms with Crippen molar-refractivity contribution in [3.8, 4) is 0 Å². The second-order valence-electron chi connectivity index (χ2n) is 11.7. The minimum atomic E-state index is -0.811. The molecule has 7 rings (SSSR count). The summed E-state index contributed by atoms with van der Waals surface area (Å²) in [6.07, 6.45) is 5.42. The topological polar surface area (TPSA) is 134 Å². The number of aromatic nitrogens is 3. The molecule has 11 nitrogen and oxygen atoms in total. The van der Waals surface area contributed by atoms with Crippen molar-refractivity contribution in [2.24, 2.45) is 42.6 Å². The van der Waals surface area contributed by atoms with E-state index in [9.17, 15) is 24.0 Å². The third-order valence-electron chi connectivity index (χ3n) is 9.78. The van der Waals surface area contributed by atoms with Gasteiger partial charge in [-0.05, 0) is 61.7 Å². The van der Waals surface area contributed by atoms with Gasteiger partial charge in [-0.15, -0.1) is 0 Å². The maximum absolute atomic E-state index is 13.0. The van der Waals surface area contributed by atoms with Crippen molar-refractivity contribution in [2.45, 2.75) is 76.0 Å². The predicted molar refractivity (Wildman–Crippen MR) is 122 cm³/mol. The Morgan fingerprint density at radius 1 is 0.861 bits per heavy atom. The summed E-state index contributed by atoms with van der Waals surface area (Å²) in [6.45, 7) is -0.00230. The van der Waals surface area contributed by atoms with Crippen molar-refractivity contribution in [1.29, 1.82) is 0 Å². The second-order valence-corrected chi connectivity index (χ2v) is 11.7. The molecule has 2 saturated heterocycles. The number of rotatable bonds is 9. The Morgan fingerprint density at radius 3 is 2.19 bits per heavy atom. The molecule has 6 aliphatic rings. The van der Waals surface area contributed by atoms with E-state index in [1.807, 2.05) is 0 Å². The molecule has 0 radical (unpaired) electrons. The van der Waals surface area contributed by atoms with E-state index in [1.54, 1.807) is 0 Å². The van der Waals surface area contributed by atoms with Gasteiger partial charge in [-0.1, -0.05) is 0 Å². The second kappa shape index (κ2) is 7.98. The van der Waals surface area contributed by atoms with E-state index in [2.05, 4.69) is 0 Å². The average Bonchev–Trinajstić information content (AvgIpc) is 3.70. The summed E-state index contributed by atoms with van der Waals surface area (Å²) in [5, 5.41) is 0. The molecule has 36 heavy (non-hydrogen) atoms. The van der Waals surface area contributed by atoms with Crippen LogP contribution in [0.25, 0.3) is 0 Å². The van der Waals surface area contributed by atoms with Gasteiger partial charge in [-0.25, -0.2) is 28.1 Å². The van der Waals surface area contributed by atoms with Crippen molar-refractivity contribution < 1.29 is 23.8 Å². The summed E-state index contributed by atoms with van der Waals surface area (Å²) < 4.78 is 19.4. The molecular formula is C25H31N3O8. The number of epoxide rings is 2. The number of ketones is 1. The number of fused-ring (bicyclic) bond motifs is 10. The first-order valence-electron chi connectivity index (χ1n) is 13.2. The highest BCUT2D eigenvalue weighted by molar-refractivity contribution is 5.82. The van der Waals surface area contributed by atoms with Gasteiger partial charge in [0.2, 0.25) is 0 Å². The predicted octanol–water partition coefficient (Wildman–Crippen LogP) is -0.552. The minimum absolute atomic E-state index is 0.0352. The molecule has 4 aliphatic carbocycles. The Labute approximate surface area is 206 Å². The van der Waals surface area contributed by atoms with Crippen LogP contribution in [-0.2, 0) is 43.9 Å². The van der Waals surface area contributed by atoms with Crippen molar-refractivity contribution in [1.82, 2.24) is 13.7 Å². The number of ether oxygens (including phenoxy) is 3. The number of nitrogens with zero attached hydrogens (tertiary/aromatic N) is 3. The molecule has 10 atom stereocenters. The van der Waals surface area contributed by atoms with Crippen molar-refractivity contribution in [2.75, 3.05) is 6.61 Å². The summed E-state index contributed by atoms with van der Waals surface area (Å²) in [4.78, 5) is 63.6. The molecular weight excluding hydrogens is 470 g/mol. The van der Waals surface area contributed by atoms with Crippen LogP contribution in [0.4, 0.5) is 0 Å². The normalized spacial score (nSPS) is 40.2. The van der Waals surface area contributed by atoms with E-state index < -0.39 is 17.1 Å². The molecule has 2 aliphatic heterocycles. The van der Waals surface area contributed by atoms with Gasteiger partial charge in [0.1, 0.15) is 0 Å². The standard InChI is InChI=1S/C25H31N3O8/c1-26-23(31)27(4-2-3-18(30)34-10-13-5-11-6-14(13)21-19(11)35-21)25(33)28(24(26)32)9-17(29)15-7-12-8-16(15)22-20(12)36-22/h11-16,19-22H,2-10H2,1H3. The van der Waals surface area contributed by atoms with Crippen LogP contribution in [0.3, 0.4) is 0 Å². The quantitative estimate of drug-likeness (QED) is 0.325. The highest BCUT2D eigenvalue weighted by atomic mass is 16.6. The van der Waals surface area contributed by atoms with Gasteiger partial charge in [-0.3, -0.25) is 9.59 Å². The first kappa shape index (κ1) is 22.7. The van der Waals surface area contributed by atoms with Crippen LogP contribution in [0.15, 0.2) is 14.4 Å². The van der Waals surface area contributed by atoms with Gasteiger partial charge in [-0.2, -0.15) is 0 Å². The first-order valence-corrected chi connectivity index (χ1v) is 13.2. The molecule has 1 aromatic rings. The summed E-state index contributed by atoms with van der Waals surface area (Å²) in [6, 6.07) is 0. The van der Waals surface area contributed by atoms with E-state index in [1.165, 1.54) is 13.5 Å².